The van der Waals surface area contributed by atoms with Crippen molar-refractivity contribution in [2.45, 2.75) is 33.6 Å². The predicted molar refractivity (Wildman–Crippen MR) is 76.5 cm³/mol. The fraction of sp³-hybridized carbons (Fsp3) is 0.533. The zero-order chi connectivity index (χ0) is 14.5. The van der Waals surface area contributed by atoms with Gasteiger partial charge in [-0.25, -0.2) is 4.39 Å². The Kier molecular flexibility index (Phi) is 5.48. The third kappa shape index (κ3) is 3.77. The highest BCUT2D eigenvalue weighted by Crippen LogP contribution is 2.28. The highest BCUT2D eigenvalue weighted by Gasteiger charge is 2.31. The Labute approximate surface area is 114 Å². The summed E-state index contributed by atoms with van der Waals surface area (Å²) in [7, 11) is 0. The van der Waals surface area contributed by atoms with Gasteiger partial charge in [0.25, 0.3) is 0 Å². The molecule has 0 aliphatic rings. The normalized spacial score (nSPS) is 11.4. The molecule has 0 saturated carbocycles. The highest BCUT2D eigenvalue weighted by molar-refractivity contribution is 5.97. The molecular formula is C15H23FN2O. The lowest BCUT2D eigenvalue weighted by Crippen LogP contribution is -2.42. The molecule has 1 aromatic carbocycles. The predicted octanol–water partition coefficient (Wildman–Crippen LogP) is 2.94. The van der Waals surface area contributed by atoms with Gasteiger partial charge < -0.3 is 10.6 Å². The van der Waals surface area contributed by atoms with Gasteiger partial charge in [0.15, 0.2) is 0 Å². The standard InChI is InChI=1S/C15H23FN2O/c1-4-15(2,3)14(19)18(11-7-10-17)13-9-6-5-8-12(13)16/h5-6,8-9H,4,7,10-11,17H2,1-3H3. The first kappa shape index (κ1) is 15.6. The van der Waals surface area contributed by atoms with Gasteiger partial charge in [-0.15, -0.1) is 0 Å². The molecule has 0 bridgehead atoms. The molecule has 0 spiro atoms. The second-order valence-electron chi connectivity index (χ2n) is 5.29. The molecule has 0 aromatic heterocycles. The number of halogens is 1. The lowest BCUT2D eigenvalue weighted by molar-refractivity contribution is -0.126. The quantitative estimate of drug-likeness (QED) is 0.860. The van der Waals surface area contributed by atoms with Crippen LogP contribution in [0.5, 0.6) is 0 Å². The van der Waals surface area contributed by atoms with E-state index in [9.17, 15) is 9.18 Å². The Morgan fingerprint density at radius 2 is 2.00 bits per heavy atom. The summed E-state index contributed by atoms with van der Waals surface area (Å²) in [6.07, 6.45) is 1.36. The van der Waals surface area contributed by atoms with Crippen LogP contribution in [0.15, 0.2) is 24.3 Å². The second-order valence-corrected chi connectivity index (χ2v) is 5.29. The van der Waals surface area contributed by atoms with Gasteiger partial charge in [0, 0.05) is 12.0 Å². The lowest BCUT2D eigenvalue weighted by Gasteiger charge is -2.31. The smallest absolute Gasteiger partial charge is 0.232 e. The summed E-state index contributed by atoms with van der Waals surface area (Å²) in [4.78, 5) is 14.1. The first-order valence-corrected chi connectivity index (χ1v) is 6.70. The van der Waals surface area contributed by atoms with Crippen molar-refractivity contribution < 1.29 is 9.18 Å². The summed E-state index contributed by atoms with van der Waals surface area (Å²) in [5.74, 6) is -0.437. The highest BCUT2D eigenvalue weighted by atomic mass is 19.1. The number of carbonyl (C=O) groups is 1. The van der Waals surface area contributed by atoms with Crippen LogP contribution in [0.25, 0.3) is 0 Å². The first-order chi connectivity index (χ1) is 8.94. The second kappa shape index (κ2) is 6.66. The van der Waals surface area contributed by atoms with Crippen LogP contribution in [0.1, 0.15) is 33.6 Å². The zero-order valence-electron chi connectivity index (χ0n) is 11.9. The minimum atomic E-state index is -0.503. The number of nitrogens with two attached hydrogens (primary N) is 1. The van der Waals surface area contributed by atoms with E-state index < -0.39 is 5.41 Å². The van der Waals surface area contributed by atoms with Crippen molar-refractivity contribution in [3.8, 4) is 0 Å². The van der Waals surface area contributed by atoms with Crippen molar-refractivity contribution in [1.29, 1.82) is 0 Å². The molecule has 1 aromatic rings. The molecule has 1 amide bonds. The minimum Gasteiger partial charge on any atom is -0.330 e. The van der Waals surface area contributed by atoms with Crippen LogP contribution in [0.4, 0.5) is 10.1 Å². The lowest BCUT2D eigenvalue weighted by atomic mass is 9.88. The third-order valence-electron chi connectivity index (χ3n) is 3.44. The molecule has 1 rings (SSSR count). The van der Waals surface area contributed by atoms with E-state index in [0.717, 1.165) is 0 Å². The van der Waals surface area contributed by atoms with E-state index in [4.69, 9.17) is 5.73 Å². The number of hydrogen-bond donors (Lipinski definition) is 1. The summed E-state index contributed by atoms with van der Waals surface area (Å²) in [6.45, 7) is 6.64. The fourth-order valence-electron chi connectivity index (χ4n) is 1.77. The SMILES string of the molecule is CCC(C)(C)C(=O)N(CCCN)c1ccccc1F. The van der Waals surface area contributed by atoms with E-state index in [0.29, 0.717) is 31.6 Å². The molecular weight excluding hydrogens is 243 g/mol. The molecule has 0 radical (unpaired) electrons. The van der Waals surface area contributed by atoms with Crippen LogP contribution >= 0.6 is 0 Å². The minimum absolute atomic E-state index is 0.0615. The Balaban J connectivity index is 3.08. The molecule has 0 aliphatic carbocycles. The van der Waals surface area contributed by atoms with E-state index in [1.165, 1.54) is 11.0 Å². The molecule has 106 valence electrons. The average Bonchev–Trinajstić information content (AvgIpc) is 2.40. The van der Waals surface area contributed by atoms with Crippen LogP contribution in [0, 0.1) is 11.2 Å². The maximum atomic E-state index is 13.9. The molecule has 0 atom stereocenters. The maximum Gasteiger partial charge on any atom is 0.232 e. The Morgan fingerprint density at radius 3 is 2.53 bits per heavy atom. The molecule has 0 unspecified atom stereocenters. The van der Waals surface area contributed by atoms with Crippen LogP contribution in [0.3, 0.4) is 0 Å². The molecule has 19 heavy (non-hydrogen) atoms. The van der Waals surface area contributed by atoms with Crippen molar-refractivity contribution in [2.24, 2.45) is 11.1 Å². The molecule has 2 N–H and O–H groups in total. The Hall–Kier alpha value is -1.42. The van der Waals surface area contributed by atoms with Gasteiger partial charge in [0.05, 0.1) is 5.69 Å². The summed E-state index contributed by atoms with van der Waals surface area (Å²) in [5.41, 5.74) is 5.34. The first-order valence-electron chi connectivity index (χ1n) is 6.70. The van der Waals surface area contributed by atoms with Crippen molar-refractivity contribution in [2.75, 3.05) is 18.0 Å². The number of carbonyl (C=O) groups excluding carboxylic acids is 1. The molecule has 0 aliphatic heterocycles. The summed E-state index contributed by atoms with van der Waals surface area (Å²) < 4.78 is 13.9. The van der Waals surface area contributed by atoms with Gasteiger partial charge >= 0.3 is 0 Å². The van der Waals surface area contributed by atoms with Crippen molar-refractivity contribution in [1.82, 2.24) is 0 Å². The topological polar surface area (TPSA) is 46.3 Å². The van der Waals surface area contributed by atoms with Gasteiger partial charge in [-0.3, -0.25) is 4.79 Å². The zero-order valence-corrected chi connectivity index (χ0v) is 11.9. The van der Waals surface area contributed by atoms with Crippen LogP contribution in [0.2, 0.25) is 0 Å². The average molecular weight is 266 g/mol. The van der Waals surface area contributed by atoms with Gasteiger partial charge in [-0.2, -0.15) is 0 Å². The summed E-state index contributed by atoms with van der Waals surface area (Å²) in [5, 5.41) is 0. The maximum absolute atomic E-state index is 13.9. The number of benzene rings is 1. The largest absolute Gasteiger partial charge is 0.330 e. The van der Waals surface area contributed by atoms with Crippen LogP contribution in [-0.2, 0) is 4.79 Å². The monoisotopic (exact) mass is 266 g/mol. The van der Waals surface area contributed by atoms with Crippen LogP contribution in [-0.4, -0.2) is 19.0 Å². The molecule has 4 heteroatoms. The fourth-order valence-corrected chi connectivity index (χ4v) is 1.77. The molecule has 0 heterocycles. The van der Waals surface area contributed by atoms with Gasteiger partial charge in [0.1, 0.15) is 5.82 Å². The summed E-state index contributed by atoms with van der Waals surface area (Å²) in [6, 6.07) is 6.36. The van der Waals surface area contributed by atoms with E-state index in [2.05, 4.69) is 0 Å². The molecule has 0 fully saturated rings. The summed E-state index contributed by atoms with van der Waals surface area (Å²) >= 11 is 0. The van der Waals surface area contributed by atoms with E-state index >= 15 is 0 Å². The van der Waals surface area contributed by atoms with Crippen molar-refractivity contribution in [3.63, 3.8) is 0 Å². The number of nitrogens with zero attached hydrogens (tertiary/aromatic N) is 1. The Bertz CT molecular complexity index is 432. The van der Waals surface area contributed by atoms with E-state index in [-0.39, 0.29) is 11.7 Å². The van der Waals surface area contributed by atoms with E-state index in [1.54, 1.807) is 18.2 Å². The van der Waals surface area contributed by atoms with E-state index in [1.807, 2.05) is 20.8 Å². The molecule has 3 nitrogen and oxygen atoms in total. The number of rotatable bonds is 6. The number of amides is 1. The molecule has 0 saturated heterocycles. The van der Waals surface area contributed by atoms with Gasteiger partial charge in [-0.05, 0) is 31.5 Å². The Morgan fingerprint density at radius 1 is 1.37 bits per heavy atom. The van der Waals surface area contributed by atoms with Crippen LogP contribution < -0.4 is 10.6 Å². The number of para-hydroxylation sites is 1. The van der Waals surface area contributed by atoms with Gasteiger partial charge in [-0.1, -0.05) is 32.9 Å². The third-order valence-corrected chi connectivity index (χ3v) is 3.44. The van der Waals surface area contributed by atoms with Crippen molar-refractivity contribution in [3.05, 3.63) is 30.1 Å². The number of hydrogen-bond acceptors (Lipinski definition) is 2. The number of anilines is 1. The van der Waals surface area contributed by atoms with Gasteiger partial charge in [0.2, 0.25) is 5.91 Å². The van der Waals surface area contributed by atoms with Crippen molar-refractivity contribution >= 4 is 11.6 Å².